The molecule has 0 aliphatic heterocycles. The second kappa shape index (κ2) is 6.55. The highest BCUT2D eigenvalue weighted by atomic mass is 32.1. The highest BCUT2D eigenvalue weighted by Gasteiger charge is 2.20. The SMILES string of the molecule is CCCn1cc([N+](=O)[O-])c(=O)n(CC(C)CS)c1=O. The van der Waals surface area contributed by atoms with Crippen LogP contribution in [0.25, 0.3) is 0 Å². The molecule has 0 aromatic carbocycles. The van der Waals surface area contributed by atoms with Crippen LogP contribution in [0.5, 0.6) is 0 Å². The molecule has 0 bridgehead atoms. The molecule has 0 amide bonds. The second-order valence-corrected chi connectivity index (χ2v) is 4.82. The van der Waals surface area contributed by atoms with Gasteiger partial charge in [0.15, 0.2) is 0 Å². The molecule has 0 aliphatic rings. The van der Waals surface area contributed by atoms with Crippen LogP contribution in [-0.2, 0) is 13.1 Å². The van der Waals surface area contributed by atoms with Crippen molar-refractivity contribution in [3.05, 3.63) is 37.1 Å². The van der Waals surface area contributed by atoms with Crippen molar-refractivity contribution < 1.29 is 4.92 Å². The number of aromatic nitrogens is 2. The number of nitrogens with zero attached hydrogens (tertiary/aromatic N) is 3. The lowest BCUT2D eigenvalue weighted by Crippen LogP contribution is -2.41. The lowest BCUT2D eigenvalue weighted by atomic mass is 10.2. The first kappa shape index (κ1) is 15.5. The van der Waals surface area contributed by atoms with Crippen LogP contribution in [0.1, 0.15) is 20.3 Å². The standard InChI is InChI=1S/C11H17N3O4S/c1-3-4-12-6-9(14(17)18)10(15)13(11(12)16)5-8(2)7-19/h6,8,19H,3-5,7H2,1-2H3. The third kappa shape index (κ3) is 3.46. The van der Waals surface area contributed by atoms with E-state index in [1.807, 2.05) is 13.8 Å². The van der Waals surface area contributed by atoms with Gasteiger partial charge in [0.25, 0.3) is 0 Å². The molecule has 0 aliphatic carbocycles. The lowest BCUT2D eigenvalue weighted by Gasteiger charge is -2.12. The maximum absolute atomic E-state index is 12.1. The number of thiol groups is 1. The summed E-state index contributed by atoms with van der Waals surface area (Å²) in [4.78, 5) is 34.1. The highest BCUT2D eigenvalue weighted by molar-refractivity contribution is 7.80. The number of nitro groups is 1. The predicted octanol–water partition coefficient (Wildman–Crippen LogP) is 0.894. The summed E-state index contributed by atoms with van der Waals surface area (Å²) < 4.78 is 2.14. The van der Waals surface area contributed by atoms with E-state index in [9.17, 15) is 19.7 Å². The summed E-state index contributed by atoms with van der Waals surface area (Å²) in [5.74, 6) is 0.466. The molecule has 1 atom stereocenters. The van der Waals surface area contributed by atoms with Gasteiger partial charge in [-0.2, -0.15) is 12.6 Å². The van der Waals surface area contributed by atoms with Crippen molar-refractivity contribution in [2.75, 3.05) is 5.75 Å². The van der Waals surface area contributed by atoms with E-state index in [4.69, 9.17) is 0 Å². The van der Waals surface area contributed by atoms with Crippen LogP contribution in [0, 0.1) is 16.0 Å². The summed E-state index contributed by atoms with van der Waals surface area (Å²) in [5, 5.41) is 10.9. The Labute approximate surface area is 115 Å². The van der Waals surface area contributed by atoms with Gasteiger partial charge in [0.05, 0.1) is 11.1 Å². The minimum absolute atomic E-state index is 0.0224. The Morgan fingerprint density at radius 2 is 2.11 bits per heavy atom. The average Bonchev–Trinajstić information content (AvgIpc) is 2.37. The Balaban J connectivity index is 3.45. The molecule has 0 radical (unpaired) electrons. The number of hydrogen-bond acceptors (Lipinski definition) is 5. The first-order valence-corrected chi connectivity index (χ1v) is 6.65. The van der Waals surface area contributed by atoms with Crippen molar-refractivity contribution in [2.45, 2.75) is 33.4 Å². The molecule has 0 saturated heterocycles. The monoisotopic (exact) mass is 287 g/mol. The Bertz CT molecular complexity index is 578. The van der Waals surface area contributed by atoms with Gasteiger partial charge in [-0.3, -0.25) is 24.0 Å². The van der Waals surface area contributed by atoms with Gasteiger partial charge in [-0.25, -0.2) is 4.79 Å². The lowest BCUT2D eigenvalue weighted by molar-refractivity contribution is -0.387. The quantitative estimate of drug-likeness (QED) is 0.478. The topological polar surface area (TPSA) is 87.1 Å². The number of hydrogen-bond donors (Lipinski definition) is 1. The molecule has 1 rings (SSSR count). The predicted molar refractivity (Wildman–Crippen MR) is 74.9 cm³/mol. The summed E-state index contributed by atoms with van der Waals surface area (Å²) in [6, 6.07) is 0. The van der Waals surface area contributed by atoms with Crippen molar-refractivity contribution in [3.63, 3.8) is 0 Å². The molecule has 0 N–H and O–H groups in total. The summed E-state index contributed by atoms with van der Waals surface area (Å²) in [6.45, 7) is 4.15. The van der Waals surface area contributed by atoms with Gasteiger partial charge in [0.2, 0.25) is 0 Å². The maximum Gasteiger partial charge on any atom is 0.350 e. The first-order valence-electron chi connectivity index (χ1n) is 6.01. The molecule has 1 unspecified atom stereocenters. The fraction of sp³-hybridized carbons (Fsp3) is 0.636. The Morgan fingerprint density at radius 1 is 1.47 bits per heavy atom. The average molecular weight is 287 g/mol. The van der Waals surface area contributed by atoms with Gasteiger partial charge < -0.3 is 0 Å². The van der Waals surface area contributed by atoms with Crippen LogP contribution < -0.4 is 11.2 Å². The van der Waals surface area contributed by atoms with Gasteiger partial charge in [-0.05, 0) is 18.1 Å². The summed E-state index contributed by atoms with van der Waals surface area (Å²) in [5.41, 5.74) is -1.93. The van der Waals surface area contributed by atoms with Gasteiger partial charge in [0.1, 0.15) is 0 Å². The van der Waals surface area contributed by atoms with Crippen LogP contribution in [0.15, 0.2) is 15.8 Å². The van der Waals surface area contributed by atoms with E-state index >= 15 is 0 Å². The highest BCUT2D eigenvalue weighted by Crippen LogP contribution is 2.04. The molecule has 0 spiro atoms. The fourth-order valence-corrected chi connectivity index (χ4v) is 1.81. The Morgan fingerprint density at radius 3 is 2.58 bits per heavy atom. The zero-order valence-electron chi connectivity index (χ0n) is 10.9. The van der Waals surface area contributed by atoms with Crippen LogP contribution in [-0.4, -0.2) is 19.8 Å². The van der Waals surface area contributed by atoms with Crippen molar-refractivity contribution in [2.24, 2.45) is 5.92 Å². The zero-order chi connectivity index (χ0) is 14.6. The van der Waals surface area contributed by atoms with Crippen LogP contribution in [0.4, 0.5) is 5.69 Å². The second-order valence-electron chi connectivity index (χ2n) is 4.45. The number of rotatable bonds is 6. The zero-order valence-corrected chi connectivity index (χ0v) is 11.8. The Hall–Kier alpha value is -1.57. The molecule has 1 aromatic rings. The summed E-state index contributed by atoms with van der Waals surface area (Å²) in [6.07, 6.45) is 1.67. The fourth-order valence-electron chi connectivity index (χ4n) is 1.69. The smallest absolute Gasteiger partial charge is 0.293 e. The van der Waals surface area contributed by atoms with Crippen LogP contribution in [0.2, 0.25) is 0 Å². The van der Waals surface area contributed by atoms with Gasteiger partial charge in [0, 0.05) is 13.1 Å². The van der Waals surface area contributed by atoms with E-state index < -0.39 is 21.9 Å². The van der Waals surface area contributed by atoms with Crippen LogP contribution in [0.3, 0.4) is 0 Å². The molecule has 106 valence electrons. The third-order valence-corrected chi connectivity index (χ3v) is 3.31. The summed E-state index contributed by atoms with van der Waals surface area (Å²) >= 11 is 4.09. The minimum atomic E-state index is -0.851. The van der Waals surface area contributed by atoms with E-state index in [-0.39, 0.29) is 12.5 Å². The summed E-state index contributed by atoms with van der Waals surface area (Å²) in [7, 11) is 0. The molecular weight excluding hydrogens is 270 g/mol. The van der Waals surface area contributed by atoms with Gasteiger partial charge in [-0.15, -0.1) is 0 Å². The van der Waals surface area contributed by atoms with E-state index in [1.165, 1.54) is 4.57 Å². The van der Waals surface area contributed by atoms with Crippen LogP contribution >= 0.6 is 12.6 Å². The normalized spacial score (nSPS) is 12.4. The molecule has 1 aromatic heterocycles. The van der Waals surface area contributed by atoms with Crippen molar-refractivity contribution in [1.82, 2.24) is 9.13 Å². The van der Waals surface area contributed by atoms with Gasteiger partial charge in [-0.1, -0.05) is 13.8 Å². The Kier molecular flexibility index (Phi) is 5.34. The van der Waals surface area contributed by atoms with E-state index in [2.05, 4.69) is 12.6 Å². The molecule has 0 saturated carbocycles. The molecule has 8 heteroatoms. The van der Waals surface area contributed by atoms with E-state index in [0.29, 0.717) is 18.7 Å². The minimum Gasteiger partial charge on any atom is -0.293 e. The van der Waals surface area contributed by atoms with E-state index in [0.717, 1.165) is 10.8 Å². The largest absolute Gasteiger partial charge is 0.350 e. The molecule has 1 heterocycles. The first-order chi connectivity index (χ1) is 8.92. The van der Waals surface area contributed by atoms with Crippen molar-refractivity contribution in [1.29, 1.82) is 0 Å². The number of aryl methyl sites for hydroxylation is 1. The van der Waals surface area contributed by atoms with Crippen molar-refractivity contribution in [3.8, 4) is 0 Å². The molecule has 7 nitrogen and oxygen atoms in total. The maximum atomic E-state index is 12.1. The van der Waals surface area contributed by atoms with Gasteiger partial charge >= 0.3 is 16.9 Å². The van der Waals surface area contributed by atoms with Crippen molar-refractivity contribution >= 4 is 18.3 Å². The molecule has 0 fully saturated rings. The third-order valence-electron chi connectivity index (χ3n) is 2.69. The molecule has 19 heavy (non-hydrogen) atoms. The molecular formula is C11H17N3O4S. The van der Waals surface area contributed by atoms with E-state index in [1.54, 1.807) is 0 Å².